The quantitative estimate of drug-likeness (QED) is 0.337. The summed E-state index contributed by atoms with van der Waals surface area (Å²) in [6.07, 6.45) is 3.93. The van der Waals surface area contributed by atoms with E-state index in [1.54, 1.807) is 0 Å². The molecule has 1 aliphatic carbocycles. The van der Waals surface area contributed by atoms with Crippen molar-refractivity contribution in [2.45, 2.75) is 32.6 Å². The number of esters is 1. The SMILES string of the molecule is CCC1CCc2c(sc(NC(=O)c3cc(-c4ccccc4)nc4ccccc34)c2C(=O)OC)C1. The van der Waals surface area contributed by atoms with E-state index >= 15 is 0 Å². The minimum atomic E-state index is -0.396. The van der Waals surface area contributed by atoms with E-state index in [0.717, 1.165) is 53.4 Å². The molecule has 0 aliphatic heterocycles. The number of carbonyl (C=O) groups is 2. The molecule has 1 unspecified atom stereocenters. The molecule has 4 aromatic rings. The van der Waals surface area contributed by atoms with Crippen molar-refractivity contribution < 1.29 is 14.3 Å². The van der Waals surface area contributed by atoms with Crippen LogP contribution in [0.5, 0.6) is 0 Å². The molecule has 2 aromatic heterocycles. The Labute approximate surface area is 202 Å². The molecule has 6 heteroatoms. The number of carbonyl (C=O) groups excluding carboxylic acids is 2. The molecule has 1 N–H and O–H groups in total. The zero-order valence-corrected chi connectivity index (χ0v) is 20.1. The van der Waals surface area contributed by atoms with E-state index in [-0.39, 0.29) is 5.91 Å². The first-order valence-corrected chi connectivity index (χ1v) is 12.4. The van der Waals surface area contributed by atoms with E-state index in [4.69, 9.17) is 9.72 Å². The van der Waals surface area contributed by atoms with E-state index < -0.39 is 5.97 Å². The van der Waals surface area contributed by atoms with Crippen LogP contribution in [0.3, 0.4) is 0 Å². The predicted octanol–water partition coefficient (Wildman–Crippen LogP) is 6.52. The van der Waals surface area contributed by atoms with Crippen LogP contribution in [0.2, 0.25) is 0 Å². The normalized spacial score (nSPS) is 15.1. The van der Waals surface area contributed by atoms with Crippen molar-refractivity contribution in [2.75, 3.05) is 12.4 Å². The lowest BCUT2D eigenvalue weighted by Gasteiger charge is -2.20. The summed E-state index contributed by atoms with van der Waals surface area (Å²) in [6, 6.07) is 19.3. The third-order valence-corrected chi connectivity index (χ3v) is 7.76. The van der Waals surface area contributed by atoms with Gasteiger partial charge in [-0.2, -0.15) is 0 Å². The van der Waals surface area contributed by atoms with Crippen molar-refractivity contribution in [1.29, 1.82) is 0 Å². The Hall–Kier alpha value is -3.51. The largest absolute Gasteiger partial charge is 0.465 e. The first kappa shape index (κ1) is 22.3. The summed E-state index contributed by atoms with van der Waals surface area (Å²) < 4.78 is 5.10. The molecule has 0 bridgehead atoms. The molecular formula is C28H26N2O3S. The van der Waals surface area contributed by atoms with E-state index in [0.29, 0.717) is 22.0 Å². The number of anilines is 1. The topological polar surface area (TPSA) is 68.3 Å². The molecule has 172 valence electrons. The summed E-state index contributed by atoms with van der Waals surface area (Å²) in [7, 11) is 1.39. The number of aromatic nitrogens is 1. The third-order valence-electron chi connectivity index (χ3n) is 6.59. The Morgan fingerprint density at radius 1 is 1.12 bits per heavy atom. The van der Waals surface area contributed by atoms with E-state index in [1.165, 1.54) is 23.3 Å². The molecule has 34 heavy (non-hydrogen) atoms. The number of fused-ring (bicyclic) bond motifs is 2. The maximum atomic E-state index is 13.6. The third kappa shape index (κ3) is 4.10. The van der Waals surface area contributed by atoms with Crippen LogP contribution < -0.4 is 5.32 Å². The van der Waals surface area contributed by atoms with Crippen LogP contribution in [0.15, 0.2) is 60.7 Å². The van der Waals surface area contributed by atoms with Gasteiger partial charge in [-0.25, -0.2) is 9.78 Å². The Kier molecular flexibility index (Phi) is 6.16. The number of amides is 1. The van der Waals surface area contributed by atoms with Gasteiger partial charge in [0.25, 0.3) is 5.91 Å². The monoisotopic (exact) mass is 470 g/mol. The molecule has 2 heterocycles. The van der Waals surface area contributed by atoms with Gasteiger partial charge in [-0.05, 0) is 42.9 Å². The van der Waals surface area contributed by atoms with E-state index in [2.05, 4.69) is 12.2 Å². The number of rotatable bonds is 5. The molecular weight excluding hydrogens is 444 g/mol. The number of nitrogens with one attached hydrogen (secondary N) is 1. The Morgan fingerprint density at radius 3 is 2.65 bits per heavy atom. The molecule has 1 atom stereocenters. The lowest BCUT2D eigenvalue weighted by atomic mass is 9.85. The second kappa shape index (κ2) is 9.39. The van der Waals surface area contributed by atoms with Gasteiger partial charge in [0, 0.05) is 15.8 Å². The maximum absolute atomic E-state index is 13.6. The minimum Gasteiger partial charge on any atom is -0.465 e. The molecule has 0 saturated carbocycles. The van der Waals surface area contributed by atoms with E-state index in [1.807, 2.05) is 60.7 Å². The molecule has 5 nitrogen and oxygen atoms in total. The molecule has 0 saturated heterocycles. The minimum absolute atomic E-state index is 0.258. The Morgan fingerprint density at radius 2 is 1.88 bits per heavy atom. The van der Waals surface area contributed by atoms with E-state index in [9.17, 15) is 9.59 Å². The molecule has 0 fully saturated rings. The highest BCUT2D eigenvalue weighted by Gasteiger charge is 2.30. The number of methoxy groups -OCH3 is 1. The molecule has 0 spiro atoms. The van der Waals surface area contributed by atoms with Crippen LogP contribution in [0.4, 0.5) is 5.00 Å². The van der Waals surface area contributed by atoms with Gasteiger partial charge in [-0.3, -0.25) is 4.79 Å². The van der Waals surface area contributed by atoms with Crippen molar-refractivity contribution in [3.63, 3.8) is 0 Å². The number of hydrogen-bond donors (Lipinski definition) is 1. The second-order valence-electron chi connectivity index (χ2n) is 8.61. The average Bonchev–Trinajstić information content (AvgIpc) is 3.24. The summed E-state index contributed by atoms with van der Waals surface area (Å²) in [5.74, 6) is -0.0448. The van der Waals surface area contributed by atoms with Crippen molar-refractivity contribution >= 4 is 39.1 Å². The van der Waals surface area contributed by atoms with Crippen LogP contribution in [0, 0.1) is 5.92 Å². The highest BCUT2D eigenvalue weighted by atomic mass is 32.1. The molecule has 2 aromatic carbocycles. The number of hydrogen-bond acceptors (Lipinski definition) is 5. The average molecular weight is 471 g/mol. The van der Waals surface area contributed by atoms with Crippen LogP contribution in [0.1, 0.15) is 50.9 Å². The van der Waals surface area contributed by atoms with Gasteiger partial charge in [0.2, 0.25) is 0 Å². The number of thiophene rings is 1. The van der Waals surface area contributed by atoms with Gasteiger partial charge in [0.15, 0.2) is 0 Å². The van der Waals surface area contributed by atoms with Gasteiger partial charge in [-0.15, -0.1) is 11.3 Å². The summed E-state index contributed by atoms with van der Waals surface area (Å²) in [5.41, 5.74) is 4.48. The second-order valence-corrected chi connectivity index (χ2v) is 9.71. The Bertz CT molecular complexity index is 1380. The van der Waals surface area contributed by atoms with Crippen LogP contribution in [-0.2, 0) is 17.6 Å². The van der Waals surface area contributed by atoms with Gasteiger partial charge in [-0.1, -0.05) is 61.9 Å². The van der Waals surface area contributed by atoms with Crippen molar-refractivity contribution in [3.8, 4) is 11.3 Å². The van der Waals surface area contributed by atoms with Crippen LogP contribution in [0.25, 0.3) is 22.2 Å². The lowest BCUT2D eigenvalue weighted by Crippen LogP contribution is -2.17. The first-order valence-electron chi connectivity index (χ1n) is 11.6. The summed E-state index contributed by atoms with van der Waals surface area (Å²) in [4.78, 5) is 32.3. The fraction of sp³-hybridized carbons (Fsp3) is 0.250. The van der Waals surface area contributed by atoms with Gasteiger partial charge >= 0.3 is 5.97 Å². The smallest absolute Gasteiger partial charge is 0.341 e. The van der Waals surface area contributed by atoms with Crippen molar-refractivity contribution in [1.82, 2.24) is 4.98 Å². The maximum Gasteiger partial charge on any atom is 0.341 e. The number of para-hydroxylation sites is 1. The number of ether oxygens (including phenoxy) is 1. The zero-order valence-electron chi connectivity index (χ0n) is 19.3. The Balaban J connectivity index is 1.57. The van der Waals surface area contributed by atoms with Crippen molar-refractivity contribution in [2.24, 2.45) is 5.92 Å². The lowest BCUT2D eigenvalue weighted by molar-refractivity contribution is 0.0601. The summed E-state index contributed by atoms with van der Waals surface area (Å²) in [6.45, 7) is 2.20. The molecule has 1 aliphatic rings. The number of pyridine rings is 1. The molecule has 1 amide bonds. The highest BCUT2D eigenvalue weighted by Crippen LogP contribution is 2.41. The first-order chi connectivity index (χ1) is 16.6. The zero-order chi connectivity index (χ0) is 23.7. The van der Waals surface area contributed by atoms with Gasteiger partial charge in [0.1, 0.15) is 5.00 Å². The van der Waals surface area contributed by atoms with Gasteiger partial charge in [0.05, 0.1) is 29.4 Å². The van der Waals surface area contributed by atoms with Gasteiger partial charge < -0.3 is 10.1 Å². The summed E-state index contributed by atoms with van der Waals surface area (Å²) in [5, 5.41) is 4.39. The fourth-order valence-corrected chi connectivity index (χ4v) is 6.04. The predicted molar refractivity (Wildman–Crippen MR) is 137 cm³/mol. The number of benzene rings is 2. The number of nitrogens with zero attached hydrogens (tertiary/aromatic N) is 1. The molecule has 5 rings (SSSR count). The standard InChI is InChI=1S/C28H26N2O3S/c1-3-17-13-14-20-24(15-17)34-27(25(20)28(32)33-2)30-26(31)21-16-23(18-9-5-4-6-10-18)29-22-12-8-7-11-19(21)22/h4-12,16-17H,3,13-15H2,1-2H3,(H,30,31). The van der Waals surface area contributed by atoms with Crippen molar-refractivity contribution in [3.05, 3.63) is 82.2 Å². The van der Waals surface area contributed by atoms with Crippen LogP contribution >= 0.6 is 11.3 Å². The highest BCUT2D eigenvalue weighted by molar-refractivity contribution is 7.17. The fourth-order valence-electron chi connectivity index (χ4n) is 4.70. The van der Waals surface area contributed by atoms with Crippen LogP contribution in [-0.4, -0.2) is 24.0 Å². The summed E-state index contributed by atoms with van der Waals surface area (Å²) >= 11 is 1.51. The molecule has 0 radical (unpaired) electrons.